The summed E-state index contributed by atoms with van der Waals surface area (Å²) in [6, 6.07) is 12.7. The van der Waals surface area contributed by atoms with Crippen molar-refractivity contribution in [3.63, 3.8) is 0 Å². The number of nitrogens with one attached hydrogen (secondary N) is 2. The molecule has 7 nitrogen and oxygen atoms in total. The SMILES string of the molecule is C/C(=N\NC(=S)Nc1cccc(C)c1C)c1ccc(S(=O)(=O)N2CCOCC2)cc1. The van der Waals surface area contributed by atoms with Crippen LogP contribution < -0.4 is 10.7 Å². The first-order valence-electron chi connectivity index (χ1n) is 9.65. The van der Waals surface area contributed by atoms with Crippen LogP contribution in [-0.4, -0.2) is 49.9 Å². The lowest BCUT2D eigenvalue weighted by atomic mass is 10.1. The molecule has 0 atom stereocenters. The Morgan fingerprint density at radius 2 is 1.77 bits per heavy atom. The van der Waals surface area contributed by atoms with Crippen molar-refractivity contribution in [3.8, 4) is 0 Å². The lowest BCUT2D eigenvalue weighted by Gasteiger charge is -2.26. The minimum atomic E-state index is -3.51. The van der Waals surface area contributed by atoms with Gasteiger partial charge in [-0.05, 0) is 67.9 Å². The Hall–Kier alpha value is -2.33. The minimum Gasteiger partial charge on any atom is -0.379 e. The van der Waals surface area contributed by atoms with E-state index in [0.29, 0.717) is 37.1 Å². The number of aryl methyl sites for hydroxylation is 1. The van der Waals surface area contributed by atoms with Gasteiger partial charge in [0.15, 0.2) is 5.11 Å². The maximum atomic E-state index is 12.7. The monoisotopic (exact) mass is 446 g/mol. The van der Waals surface area contributed by atoms with Crippen LogP contribution in [0.1, 0.15) is 23.6 Å². The van der Waals surface area contributed by atoms with Crippen molar-refractivity contribution in [3.05, 3.63) is 59.2 Å². The fourth-order valence-corrected chi connectivity index (χ4v) is 4.60. The van der Waals surface area contributed by atoms with Gasteiger partial charge in [-0.15, -0.1) is 0 Å². The largest absolute Gasteiger partial charge is 0.379 e. The predicted molar refractivity (Wildman–Crippen MR) is 124 cm³/mol. The molecule has 3 rings (SSSR count). The van der Waals surface area contributed by atoms with Crippen LogP contribution >= 0.6 is 12.2 Å². The van der Waals surface area contributed by atoms with Gasteiger partial charge in [0.1, 0.15) is 0 Å². The van der Waals surface area contributed by atoms with Crippen LogP contribution in [0.4, 0.5) is 5.69 Å². The van der Waals surface area contributed by atoms with E-state index in [0.717, 1.165) is 16.8 Å². The summed E-state index contributed by atoms with van der Waals surface area (Å²) in [5.74, 6) is 0. The van der Waals surface area contributed by atoms with Crippen LogP contribution in [0.5, 0.6) is 0 Å². The molecule has 2 N–H and O–H groups in total. The molecule has 1 aliphatic heterocycles. The maximum absolute atomic E-state index is 12.7. The number of hydrazone groups is 1. The number of morpholine rings is 1. The molecule has 0 saturated carbocycles. The average Bonchev–Trinajstić information content (AvgIpc) is 2.76. The normalized spacial score (nSPS) is 15.6. The molecule has 2 aromatic carbocycles. The second-order valence-corrected chi connectivity index (χ2v) is 9.40. The number of benzene rings is 2. The number of hydrogen-bond acceptors (Lipinski definition) is 5. The fraction of sp³-hybridized carbons (Fsp3) is 0.333. The predicted octanol–water partition coefficient (Wildman–Crippen LogP) is 3.03. The molecule has 0 aliphatic carbocycles. The molecule has 1 aliphatic rings. The molecule has 9 heteroatoms. The maximum Gasteiger partial charge on any atom is 0.243 e. The van der Waals surface area contributed by atoms with Crippen molar-refractivity contribution in [2.24, 2.45) is 5.10 Å². The number of thiocarbonyl (C=S) groups is 1. The van der Waals surface area contributed by atoms with E-state index in [4.69, 9.17) is 17.0 Å². The zero-order valence-electron chi connectivity index (χ0n) is 17.3. The molecule has 2 aromatic rings. The fourth-order valence-electron chi connectivity index (χ4n) is 3.04. The summed E-state index contributed by atoms with van der Waals surface area (Å²) < 4.78 is 32.1. The van der Waals surface area contributed by atoms with E-state index >= 15 is 0 Å². The van der Waals surface area contributed by atoms with Gasteiger partial charge in [0.2, 0.25) is 10.0 Å². The van der Waals surface area contributed by atoms with Crippen LogP contribution in [0.3, 0.4) is 0 Å². The molecular weight excluding hydrogens is 420 g/mol. The van der Waals surface area contributed by atoms with Crippen molar-refractivity contribution >= 4 is 38.8 Å². The Morgan fingerprint density at radius 1 is 1.10 bits per heavy atom. The highest BCUT2D eigenvalue weighted by Crippen LogP contribution is 2.19. The molecule has 0 bridgehead atoms. The molecule has 30 heavy (non-hydrogen) atoms. The Balaban J connectivity index is 1.65. The Morgan fingerprint density at radius 3 is 2.43 bits per heavy atom. The van der Waals surface area contributed by atoms with Gasteiger partial charge in [-0.3, -0.25) is 5.43 Å². The third kappa shape index (κ3) is 5.23. The van der Waals surface area contributed by atoms with Crippen LogP contribution in [-0.2, 0) is 14.8 Å². The summed E-state index contributed by atoms with van der Waals surface area (Å²) in [7, 11) is -3.51. The van der Waals surface area contributed by atoms with Gasteiger partial charge in [0.25, 0.3) is 0 Å². The van der Waals surface area contributed by atoms with Gasteiger partial charge in [-0.2, -0.15) is 9.41 Å². The average molecular weight is 447 g/mol. The van der Waals surface area contributed by atoms with Crippen LogP contribution in [0.15, 0.2) is 52.5 Å². The van der Waals surface area contributed by atoms with E-state index in [1.165, 1.54) is 9.87 Å². The second-order valence-electron chi connectivity index (χ2n) is 7.05. The molecule has 1 fully saturated rings. The molecule has 0 unspecified atom stereocenters. The highest BCUT2D eigenvalue weighted by molar-refractivity contribution is 7.89. The van der Waals surface area contributed by atoms with E-state index in [2.05, 4.69) is 15.8 Å². The number of nitrogens with zero attached hydrogens (tertiary/aromatic N) is 2. The highest BCUT2D eigenvalue weighted by atomic mass is 32.2. The molecule has 0 radical (unpaired) electrons. The zero-order chi connectivity index (χ0) is 21.7. The topological polar surface area (TPSA) is 83.0 Å². The summed E-state index contributed by atoms with van der Waals surface area (Å²) in [5, 5.41) is 7.84. The first kappa shape index (κ1) is 22.4. The molecule has 0 aromatic heterocycles. The van der Waals surface area contributed by atoms with E-state index in [1.54, 1.807) is 24.3 Å². The summed E-state index contributed by atoms with van der Waals surface area (Å²) >= 11 is 5.32. The van der Waals surface area contributed by atoms with E-state index in [1.807, 2.05) is 39.0 Å². The van der Waals surface area contributed by atoms with E-state index < -0.39 is 10.0 Å². The Bertz CT molecular complexity index is 1040. The number of hydrogen-bond donors (Lipinski definition) is 2. The van der Waals surface area contributed by atoms with E-state index in [-0.39, 0.29) is 4.90 Å². The van der Waals surface area contributed by atoms with Crippen molar-refractivity contribution in [2.75, 3.05) is 31.6 Å². The third-order valence-electron chi connectivity index (χ3n) is 5.06. The van der Waals surface area contributed by atoms with Gasteiger partial charge in [-0.25, -0.2) is 8.42 Å². The van der Waals surface area contributed by atoms with Gasteiger partial charge in [0, 0.05) is 18.8 Å². The lowest BCUT2D eigenvalue weighted by molar-refractivity contribution is 0.0730. The quantitative estimate of drug-likeness (QED) is 0.417. The number of rotatable bonds is 5. The van der Waals surface area contributed by atoms with Gasteiger partial charge in [0.05, 0.1) is 23.8 Å². The van der Waals surface area contributed by atoms with Gasteiger partial charge >= 0.3 is 0 Å². The number of ether oxygens (including phenoxy) is 1. The first-order valence-corrected chi connectivity index (χ1v) is 11.5. The van der Waals surface area contributed by atoms with Crippen molar-refractivity contribution < 1.29 is 13.2 Å². The zero-order valence-corrected chi connectivity index (χ0v) is 18.9. The Kier molecular flexibility index (Phi) is 7.19. The summed E-state index contributed by atoms with van der Waals surface area (Å²) in [5.41, 5.74) is 7.56. The lowest BCUT2D eigenvalue weighted by Crippen LogP contribution is -2.40. The molecule has 1 heterocycles. The van der Waals surface area contributed by atoms with Gasteiger partial charge in [-0.1, -0.05) is 24.3 Å². The number of sulfonamides is 1. The van der Waals surface area contributed by atoms with Crippen molar-refractivity contribution in [1.29, 1.82) is 0 Å². The van der Waals surface area contributed by atoms with Gasteiger partial charge < -0.3 is 10.1 Å². The molecule has 160 valence electrons. The molecular formula is C21H26N4O3S2. The summed E-state index contributed by atoms with van der Waals surface area (Å²) in [4.78, 5) is 0.265. The first-order chi connectivity index (χ1) is 14.3. The molecule has 1 saturated heterocycles. The number of anilines is 1. The van der Waals surface area contributed by atoms with Crippen molar-refractivity contribution in [2.45, 2.75) is 25.7 Å². The Labute approximate surface area is 183 Å². The second kappa shape index (κ2) is 9.65. The highest BCUT2D eigenvalue weighted by Gasteiger charge is 2.26. The van der Waals surface area contributed by atoms with Crippen LogP contribution in [0, 0.1) is 13.8 Å². The summed E-state index contributed by atoms with van der Waals surface area (Å²) in [6.45, 7) is 7.50. The van der Waals surface area contributed by atoms with Crippen LogP contribution in [0.25, 0.3) is 0 Å². The summed E-state index contributed by atoms with van der Waals surface area (Å²) in [6.07, 6.45) is 0. The standard InChI is InChI=1S/C21H26N4O3S2/c1-15-5-4-6-20(16(15)2)22-21(29)24-23-17(3)18-7-9-19(10-8-18)30(26,27)25-11-13-28-14-12-25/h4-10H,11-14H2,1-3H3,(H2,22,24,29)/b23-17+. The molecule has 0 spiro atoms. The third-order valence-corrected chi connectivity index (χ3v) is 7.16. The van der Waals surface area contributed by atoms with Crippen LogP contribution in [0.2, 0.25) is 0 Å². The smallest absolute Gasteiger partial charge is 0.243 e. The molecule has 0 amide bonds. The minimum absolute atomic E-state index is 0.265. The van der Waals surface area contributed by atoms with E-state index in [9.17, 15) is 8.42 Å². The van der Waals surface area contributed by atoms with Crippen molar-refractivity contribution in [1.82, 2.24) is 9.73 Å².